The lowest BCUT2D eigenvalue weighted by Gasteiger charge is -2.26. The van der Waals surface area contributed by atoms with Crippen LogP contribution in [0.15, 0.2) is 48.5 Å². The number of rotatable bonds is 8. The van der Waals surface area contributed by atoms with Crippen LogP contribution in [0, 0.1) is 0 Å². The molecule has 0 unspecified atom stereocenters. The van der Waals surface area contributed by atoms with Crippen LogP contribution in [0.5, 0.6) is 0 Å². The van der Waals surface area contributed by atoms with Gasteiger partial charge in [0.2, 0.25) is 0 Å². The fourth-order valence-corrected chi connectivity index (χ4v) is 4.00. The lowest BCUT2D eigenvalue weighted by atomic mass is 10.1. The standard InChI is InChI=1S/C22H25Cl2N5O/c23-19-7-4-8-20(24)18(19)16-29-26-21(22(27-29)17-5-2-1-3-6-17)15-25-9-10-28-11-13-30-14-12-28/h1-8,25H,9-16H2. The molecular formula is C22H25Cl2N5O. The first-order chi connectivity index (χ1) is 14.7. The Morgan fingerprint density at radius 3 is 2.40 bits per heavy atom. The summed E-state index contributed by atoms with van der Waals surface area (Å²) in [5, 5.41) is 14.2. The van der Waals surface area contributed by atoms with Gasteiger partial charge in [0.1, 0.15) is 11.4 Å². The highest BCUT2D eigenvalue weighted by atomic mass is 35.5. The number of hydrogen-bond donors (Lipinski definition) is 1. The zero-order valence-electron chi connectivity index (χ0n) is 16.7. The molecule has 30 heavy (non-hydrogen) atoms. The molecular weight excluding hydrogens is 421 g/mol. The summed E-state index contributed by atoms with van der Waals surface area (Å²) in [6.07, 6.45) is 0. The van der Waals surface area contributed by atoms with E-state index in [2.05, 4.69) is 10.2 Å². The van der Waals surface area contributed by atoms with Gasteiger partial charge in [-0.2, -0.15) is 15.0 Å². The Kier molecular flexibility index (Phi) is 7.36. The van der Waals surface area contributed by atoms with Crippen molar-refractivity contribution in [2.75, 3.05) is 39.4 Å². The first-order valence-electron chi connectivity index (χ1n) is 10.1. The summed E-state index contributed by atoms with van der Waals surface area (Å²) < 4.78 is 5.41. The predicted molar refractivity (Wildman–Crippen MR) is 120 cm³/mol. The molecule has 0 atom stereocenters. The molecule has 2 heterocycles. The maximum absolute atomic E-state index is 6.34. The number of nitrogens with zero attached hydrogens (tertiary/aromatic N) is 4. The first kappa shape index (κ1) is 21.3. The molecule has 0 amide bonds. The van der Waals surface area contributed by atoms with Crippen LogP contribution >= 0.6 is 23.2 Å². The molecule has 1 aliphatic rings. The molecule has 0 bridgehead atoms. The molecule has 8 heteroatoms. The lowest BCUT2D eigenvalue weighted by Crippen LogP contribution is -2.40. The molecule has 1 saturated heterocycles. The molecule has 0 radical (unpaired) electrons. The summed E-state index contributed by atoms with van der Waals surface area (Å²) in [7, 11) is 0. The number of morpholine rings is 1. The van der Waals surface area contributed by atoms with E-state index in [9.17, 15) is 0 Å². The van der Waals surface area contributed by atoms with Crippen LogP contribution in [0.1, 0.15) is 11.3 Å². The molecule has 158 valence electrons. The van der Waals surface area contributed by atoms with E-state index in [4.69, 9.17) is 38.1 Å². The first-order valence-corrected chi connectivity index (χ1v) is 10.9. The quantitative estimate of drug-likeness (QED) is 0.535. The third kappa shape index (κ3) is 5.39. The number of benzene rings is 2. The average Bonchev–Trinajstić information content (AvgIpc) is 3.18. The predicted octanol–water partition coefficient (Wildman–Crippen LogP) is 3.72. The van der Waals surface area contributed by atoms with Crippen LogP contribution in [0.3, 0.4) is 0 Å². The molecule has 6 nitrogen and oxygen atoms in total. The molecule has 2 aromatic carbocycles. The summed E-state index contributed by atoms with van der Waals surface area (Å²) >= 11 is 12.7. The zero-order valence-corrected chi connectivity index (χ0v) is 18.2. The van der Waals surface area contributed by atoms with Gasteiger partial charge in [-0.3, -0.25) is 4.90 Å². The largest absolute Gasteiger partial charge is 0.379 e. The third-order valence-corrected chi connectivity index (χ3v) is 5.84. The van der Waals surface area contributed by atoms with Gasteiger partial charge in [-0.15, -0.1) is 0 Å². The van der Waals surface area contributed by atoms with E-state index >= 15 is 0 Å². The Bertz CT molecular complexity index is 937. The summed E-state index contributed by atoms with van der Waals surface area (Å²) in [6, 6.07) is 15.6. The van der Waals surface area contributed by atoms with E-state index in [1.807, 2.05) is 48.5 Å². The van der Waals surface area contributed by atoms with Gasteiger partial charge in [0.25, 0.3) is 0 Å². The second-order valence-corrected chi connectivity index (χ2v) is 8.04. The number of halogens is 2. The van der Waals surface area contributed by atoms with Crippen molar-refractivity contribution < 1.29 is 4.74 Å². The molecule has 3 aromatic rings. The Hall–Kier alpha value is -1.96. The van der Waals surface area contributed by atoms with Crippen LogP contribution in [0.4, 0.5) is 0 Å². The van der Waals surface area contributed by atoms with E-state index < -0.39 is 0 Å². The fraction of sp³-hybridized carbons (Fsp3) is 0.364. The molecule has 0 saturated carbocycles. The summed E-state index contributed by atoms with van der Waals surface area (Å²) in [5.41, 5.74) is 3.64. The van der Waals surface area contributed by atoms with Gasteiger partial charge in [-0.25, -0.2) is 0 Å². The van der Waals surface area contributed by atoms with Gasteiger partial charge in [0, 0.05) is 53.9 Å². The van der Waals surface area contributed by atoms with Crippen molar-refractivity contribution in [1.82, 2.24) is 25.2 Å². The monoisotopic (exact) mass is 445 g/mol. The molecule has 1 N–H and O–H groups in total. The van der Waals surface area contributed by atoms with Gasteiger partial charge in [-0.05, 0) is 12.1 Å². The minimum absolute atomic E-state index is 0.423. The van der Waals surface area contributed by atoms with E-state index in [1.54, 1.807) is 4.80 Å². The van der Waals surface area contributed by atoms with Crippen LogP contribution in [0.2, 0.25) is 10.0 Å². The van der Waals surface area contributed by atoms with Crippen molar-refractivity contribution in [3.05, 3.63) is 69.8 Å². The van der Waals surface area contributed by atoms with Crippen molar-refractivity contribution >= 4 is 23.2 Å². The van der Waals surface area contributed by atoms with Crippen LogP contribution < -0.4 is 5.32 Å². The van der Waals surface area contributed by atoms with Crippen LogP contribution in [-0.2, 0) is 17.8 Å². The minimum Gasteiger partial charge on any atom is -0.379 e. The van der Waals surface area contributed by atoms with E-state index in [0.29, 0.717) is 23.1 Å². The fourth-order valence-electron chi connectivity index (χ4n) is 3.49. The SMILES string of the molecule is Clc1cccc(Cl)c1Cn1nc(CNCCN2CCOCC2)c(-c2ccccc2)n1. The normalized spacial score (nSPS) is 14.9. The topological polar surface area (TPSA) is 55.2 Å². The minimum atomic E-state index is 0.423. The second kappa shape index (κ2) is 10.4. The van der Waals surface area contributed by atoms with Crippen molar-refractivity contribution in [2.45, 2.75) is 13.1 Å². The maximum Gasteiger partial charge on any atom is 0.117 e. The number of nitrogens with one attached hydrogen (secondary N) is 1. The van der Waals surface area contributed by atoms with Gasteiger partial charge < -0.3 is 10.1 Å². The summed E-state index contributed by atoms with van der Waals surface area (Å²) in [5.74, 6) is 0. The molecule has 1 aromatic heterocycles. The Balaban J connectivity index is 1.48. The van der Waals surface area contributed by atoms with Crippen molar-refractivity contribution in [1.29, 1.82) is 0 Å². The maximum atomic E-state index is 6.34. The molecule has 0 aliphatic carbocycles. The molecule has 0 spiro atoms. The van der Waals surface area contributed by atoms with Crippen LogP contribution in [-0.4, -0.2) is 59.3 Å². The Morgan fingerprint density at radius 1 is 0.933 bits per heavy atom. The highest BCUT2D eigenvalue weighted by Crippen LogP contribution is 2.26. The summed E-state index contributed by atoms with van der Waals surface area (Å²) in [4.78, 5) is 4.08. The van der Waals surface area contributed by atoms with Crippen LogP contribution in [0.25, 0.3) is 11.3 Å². The zero-order chi connectivity index (χ0) is 20.8. The number of aromatic nitrogens is 3. The molecule has 1 aliphatic heterocycles. The molecule has 1 fully saturated rings. The number of ether oxygens (including phenoxy) is 1. The van der Waals surface area contributed by atoms with E-state index in [1.165, 1.54) is 0 Å². The number of hydrogen-bond acceptors (Lipinski definition) is 5. The van der Waals surface area contributed by atoms with Crippen molar-refractivity contribution in [3.8, 4) is 11.3 Å². The highest BCUT2D eigenvalue weighted by Gasteiger charge is 2.15. The van der Waals surface area contributed by atoms with Crippen molar-refractivity contribution in [2.24, 2.45) is 0 Å². The van der Waals surface area contributed by atoms with E-state index in [-0.39, 0.29) is 0 Å². The second-order valence-electron chi connectivity index (χ2n) is 7.22. The Morgan fingerprint density at radius 2 is 1.67 bits per heavy atom. The average molecular weight is 446 g/mol. The van der Waals surface area contributed by atoms with Gasteiger partial charge >= 0.3 is 0 Å². The highest BCUT2D eigenvalue weighted by molar-refractivity contribution is 6.35. The lowest BCUT2D eigenvalue weighted by molar-refractivity contribution is 0.0384. The van der Waals surface area contributed by atoms with Gasteiger partial charge in [-0.1, -0.05) is 59.6 Å². The summed E-state index contributed by atoms with van der Waals surface area (Å²) in [6.45, 7) is 6.56. The van der Waals surface area contributed by atoms with E-state index in [0.717, 1.165) is 61.9 Å². The smallest absolute Gasteiger partial charge is 0.117 e. The molecule has 4 rings (SSSR count). The third-order valence-electron chi connectivity index (χ3n) is 5.13. The van der Waals surface area contributed by atoms with Crippen molar-refractivity contribution in [3.63, 3.8) is 0 Å². The van der Waals surface area contributed by atoms with Gasteiger partial charge in [0.05, 0.1) is 19.8 Å². The van der Waals surface area contributed by atoms with Gasteiger partial charge in [0.15, 0.2) is 0 Å². The Labute approximate surface area is 186 Å².